The van der Waals surface area contributed by atoms with Crippen LogP contribution in [-0.2, 0) is 9.59 Å². The Kier molecular flexibility index (Phi) is 5.10. The first-order valence-electron chi connectivity index (χ1n) is 7.93. The van der Waals surface area contributed by atoms with E-state index in [9.17, 15) is 19.5 Å². The number of amides is 2. The van der Waals surface area contributed by atoms with Gasteiger partial charge in [-0.05, 0) is 54.2 Å². The number of carboxylic acids is 1. The van der Waals surface area contributed by atoms with Crippen LogP contribution in [0, 0.1) is 0 Å². The molecule has 0 aromatic heterocycles. The highest BCUT2D eigenvalue weighted by Crippen LogP contribution is 2.28. The lowest BCUT2D eigenvalue weighted by Crippen LogP contribution is -2.54. The van der Waals surface area contributed by atoms with Crippen LogP contribution in [0.4, 0.5) is 5.69 Å². The number of methoxy groups -OCH3 is 1. The predicted octanol–water partition coefficient (Wildman–Crippen LogP) is 1.93. The number of thiocarbonyl (C=S) groups is 1. The number of ether oxygens (including phenoxy) is 1. The molecule has 1 heterocycles. The molecular formula is C19H14N2O6S. The number of anilines is 1. The molecule has 0 bridgehead atoms. The molecule has 0 aliphatic carbocycles. The van der Waals surface area contributed by atoms with Crippen molar-refractivity contribution in [3.8, 4) is 11.5 Å². The molecule has 28 heavy (non-hydrogen) atoms. The minimum atomic E-state index is -1.16. The van der Waals surface area contributed by atoms with Crippen molar-refractivity contribution >= 4 is 46.9 Å². The van der Waals surface area contributed by atoms with Crippen molar-refractivity contribution in [2.24, 2.45) is 0 Å². The Hall–Kier alpha value is -3.72. The molecule has 0 spiro atoms. The number of phenolic OH excluding ortho intramolecular Hbond substituents is 1. The summed E-state index contributed by atoms with van der Waals surface area (Å²) in [6.07, 6.45) is 1.33. The summed E-state index contributed by atoms with van der Waals surface area (Å²) in [7, 11) is 1.38. The van der Waals surface area contributed by atoms with E-state index in [1.807, 2.05) is 0 Å². The van der Waals surface area contributed by atoms with Crippen LogP contribution in [0.2, 0.25) is 0 Å². The van der Waals surface area contributed by atoms with Gasteiger partial charge in [-0.2, -0.15) is 0 Å². The SMILES string of the molecule is COc1cc(C=C2C(=O)NC(=S)N(c3cccc(C(=O)O)c3)C2=O)ccc1O. The van der Waals surface area contributed by atoms with Crippen LogP contribution >= 0.6 is 12.2 Å². The molecule has 3 rings (SSSR count). The van der Waals surface area contributed by atoms with Gasteiger partial charge in [0.05, 0.1) is 18.4 Å². The second-order valence-electron chi connectivity index (χ2n) is 5.74. The Morgan fingerprint density at radius 1 is 1.21 bits per heavy atom. The molecule has 0 saturated carbocycles. The van der Waals surface area contributed by atoms with E-state index < -0.39 is 17.8 Å². The maximum Gasteiger partial charge on any atom is 0.335 e. The summed E-state index contributed by atoms with van der Waals surface area (Å²) in [5.41, 5.74) is 0.421. The second kappa shape index (κ2) is 7.49. The molecule has 2 aromatic rings. The monoisotopic (exact) mass is 398 g/mol. The van der Waals surface area contributed by atoms with Crippen molar-refractivity contribution in [2.45, 2.75) is 0 Å². The maximum atomic E-state index is 12.9. The molecule has 1 aliphatic heterocycles. The molecule has 1 aliphatic rings. The van der Waals surface area contributed by atoms with E-state index in [1.165, 1.54) is 55.7 Å². The fraction of sp³-hybridized carbons (Fsp3) is 0.0526. The number of hydrogen-bond acceptors (Lipinski definition) is 6. The average Bonchev–Trinajstić information content (AvgIpc) is 2.66. The summed E-state index contributed by atoms with van der Waals surface area (Å²) in [5, 5.41) is 21.1. The molecule has 0 radical (unpaired) electrons. The van der Waals surface area contributed by atoms with Gasteiger partial charge in [-0.3, -0.25) is 19.8 Å². The van der Waals surface area contributed by atoms with Gasteiger partial charge in [-0.1, -0.05) is 12.1 Å². The number of carbonyl (C=O) groups is 3. The van der Waals surface area contributed by atoms with Gasteiger partial charge in [0.15, 0.2) is 16.6 Å². The number of carbonyl (C=O) groups excluding carboxylic acids is 2. The zero-order chi connectivity index (χ0) is 20.4. The van der Waals surface area contributed by atoms with Gasteiger partial charge in [-0.15, -0.1) is 0 Å². The molecule has 9 heteroatoms. The number of hydrogen-bond donors (Lipinski definition) is 3. The third-order valence-corrected chi connectivity index (χ3v) is 4.25. The van der Waals surface area contributed by atoms with Crippen molar-refractivity contribution in [2.75, 3.05) is 12.0 Å². The van der Waals surface area contributed by atoms with Crippen LogP contribution < -0.4 is 15.0 Å². The van der Waals surface area contributed by atoms with Crippen molar-refractivity contribution in [3.05, 3.63) is 59.2 Å². The van der Waals surface area contributed by atoms with E-state index in [2.05, 4.69) is 5.32 Å². The van der Waals surface area contributed by atoms with E-state index in [0.717, 1.165) is 4.90 Å². The van der Waals surface area contributed by atoms with Crippen LogP contribution in [0.1, 0.15) is 15.9 Å². The van der Waals surface area contributed by atoms with Crippen molar-refractivity contribution in [3.63, 3.8) is 0 Å². The number of aromatic hydroxyl groups is 1. The van der Waals surface area contributed by atoms with Gasteiger partial charge < -0.3 is 14.9 Å². The first-order valence-corrected chi connectivity index (χ1v) is 8.34. The Morgan fingerprint density at radius 2 is 1.96 bits per heavy atom. The van der Waals surface area contributed by atoms with E-state index in [1.54, 1.807) is 0 Å². The second-order valence-corrected chi connectivity index (χ2v) is 6.13. The van der Waals surface area contributed by atoms with Crippen molar-refractivity contribution < 1.29 is 29.3 Å². The fourth-order valence-electron chi connectivity index (χ4n) is 2.62. The molecule has 8 nitrogen and oxygen atoms in total. The van der Waals surface area contributed by atoms with E-state index in [-0.39, 0.29) is 33.4 Å². The number of nitrogens with zero attached hydrogens (tertiary/aromatic N) is 1. The highest BCUT2D eigenvalue weighted by molar-refractivity contribution is 7.80. The summed E-state index contributed by atoms with van der Waals surface area (Å²) >= 11 is 5.09. The van der Waals surface area contributed by atoms with Gasteiger partial charge in [0.2, 0.25) is 0 Å². The highest BCUT2D eigenvalue weighted by atomic mass is 32.1. The lowest BCUT2D eigenvalue weighted by atomic mass is 10.1. The molecule has 2 amide bonds. The molecule has 142 valence electrons. The topological polar surface area (TPSA) is 116 Å². The highest BCUT2D eigenvalue weighted by Gasteiger charge is 2.34. The summed E-state index contributed by atoms with van der Waals surface area (Å²) in [6.45, 7) is 0. The van der Waals surface area contributed by atoms with Gasteiger partial charge in [0.25, 0.3) is 11.8 Å². The zero-order valence-corrected chi connectivity index (χ0v) is 15.3. The molecule has 2 aromatic carbocycles. The molecule has 3 N–H and O–H groups in total. The Balaban J connectivity index is 2.03. The van der Waals surface area contributed by atoms with Gasteiger partial charge in [0, 0.05) is 0 Å². The molecule has 1 saturated heterocycles. The Bertz CT molecular complexity index is 1050. The molecule has 0 unspecified atom stereocenters. The van der Waals surface area contributed by atoms with Crippen LogP contribution in [0.5, 0.6) is 11.5 Å². The summed E-state index contributed by atoms with van der Waals surface area (Å²) in [5.74, 6) is -2.46. The van der Waals surface area contributed by atoms with Crippen LogP contribution in [0.3, 0.4) is 0 Å². The van der Waals surface area contributed by atoms with Crippen LogP contribution in [0.15, 0.2) is 48.0 Å². The zero-order valence-electron chi connectivity index (χ0n) is 14.5. The van der Waals surface area contributed by atoms with E-state index in [4.69, 9.17) is 22.1 Å². The third-order valence-electron chi connectivity index (χ3n) is 3.97. The number of carboxylic acid groups (broad SMARTS) is 1. The molecular weight excluding hydrogens is 384 g/mol. The van der Waals surface area contributed by atoms with E-state index >= 15 is 0 Å². The number of rotatable bonds is 4. The number of benzene rings is 2. The molecule has 0 atom stereocenters. The van der Waals surface area contributed by atoms with Crippen molar-refractivity contribution in [1.82, 2.24) is 5.32 Å². The summed E-state index contributed by atoms with van der Waals surface area (Å²) < 4.78 is 5.02. The number of phenols is 1. The average molecular weight is 398 g/mol. The largest absolute Gasteiger partial charge is 0.504 e. The van der Waals surface area contributed by atoms with Gasteiger partial charge >= 0.3 is 5.97 Å². The minimum Gasteiger partial charge on any atom is -0.504 e. The normalized spacial score (nSPS) is 15.5. The fourth-order valence-corrected chi connectivity index (χ4v) is 2.90. The van der Waals surface area contributed by atoms with Crippen molar-refractivity contribution in [1.29, 1.82) is 0 Å². The van der Waals surface area contributed by atoms with Crippen LogP contribution in [-0.4, -0.2) is 40.2 Å². The Labute approximate surface area is 164 Å². The lowest BCUT2D eigenvalue weighted by Gasteiger charge is -2.29. The minimum absolute atomic E-state index is 0.0289. The molecule has 1 fully saturated rings. The predicted molar refractivity (Wildman–Crippen MR) is 104 cm³/mol. The maximum absolute atomic E-state index is 12.9. The van der Waals surface area contributed by atoms with Gasteiger partial charge in [0.1, 0.15) is 5.57 Å². The Morgan fingerprint density at radius 3 is 2.64 bits per heavy atom. The first kappa shape index (κ1) is 19.1. The lowest BCUT2D eigenvalue weighted by molar-refractivity contribution is -0.122. The third kappa shape index (κ3) is 3.55. The first-order chi connectivity index (χ1) is 13.3. The summed E-state index contributed by atoms with van der Waals surface area (Å²) in [4.78, 5) is 37.5. The quantitative estimate of drug-likeness (QED) is 0.409. The summed E-state index contributed by atoms with van der Waals surface area (Å²) in [6, 6.07) is 9.98. The van der Waals surface area contributed by atoms with E-state index in [0.29, 0.717) is 5.56 Å². The smallest absolute Gasteiger partial charge is 0.335 e. The standard InChI is InChI=1S/C19H14N2O6S/c1-27-15-8-10(5-6-14(15)22)7-13-16(23)20-19(28)21(17(13)24)12-4-2-3-11(9-12)18(25)26/h2-9,22H,1H3,(H,25,26)(H,20,23,28). The number of nitrogens with one attached hydrogen (secondary N) is 1. The van der Waals surface area contributed by atoms with Gasteiger partial charge in [-0.25, -0.2) is 4.79 Å². The number of aromatic carboxylic acids is 1. The van der Waals surface area contributed by atoms with Crippen LogP contribution in [0.25, 0.3) is 6.08 Å².